The standard InChI is InChI=1S/C7H9ClN2O2S/c1-6-4-9-7(10-5-6)13(11,12)3-2-8/h4-5H,2-3H2,1H3. The van der Waals surface area contributed by atoms with Crippen LogP contribution in [0.15, 0.2) is 17.6 Å². The van der Waals surface area contributed by atoms with Crippen LogP contribution < -0.4 is 0 Å². The molecule has 1 rings (SSSR count). The molecule has 0 aliphatic heterocycles. The zero-order chi connectivity index (χ0) is 9.90. The van der Waals surface area contributed by atoms with E-state index in [9.17, 15) is 8.42 Å². The first-order valence-corrected chi connectivity index (χ1v) is 5.82. The molecule has 6 heteroatoms. The van der Waals surface area contributed by atoms with E-state index in [2.05, 4.69) is 9.97 Å². The summed E-state index contributed by atoms with van der Waals surface area (Å²) >= 11 is 5.33. The van der Waals surface area contributed by atoms with Gasteiger partial charge in [-0.1, -0.05) is 0 Å². The molecular formula is C7H9ClN2O2S. The highest BCUT2D eigenvalue weighted by atomic mass is 35.5. The third-order valence-corrected chi connectivity index (χ3v) is 3.30. The van der Waals surface area contributed by atoms with Crippen LogP contribution in [0.4, 0.5) is 0 Å². The summed E-state index contributed by atoms with van der Waals surface area (Å²) in [5, 5.41) is -0.154. The van der Waals surface area contributed by atoms with Crippen LogP contribution >= 0.6 is 11.6 Å². The summed E-state index contributed by atoms with van der Waals surface area (Å²) in [4.78, 5) is 7.42. The smallest absolute Gasteiger partial charge is 0.227 e. The van der Waals surface area contributed by atoms with Crippen molar-refractivity contribution in [3.63, 3.8) is 0 Å². The van der Waals surface area contributed by atoms with Crippen molar-refractivity contribution in [2.75, 3.05) is 11.6 Å². The lowest BCUT2D eigenvalue weighted by Gasteiger charge is -1.99. The van der Waals surface area contributed by atoms with Gasteiger partial charge in [-0.3, -0.25) is 0 Å². The Morgan fingerprint density at radius 1 is 1.38 bits per heavy atom. The Morgan fingerprint density at radius 3 is 2.38 bits per heavy atom. The molecule has 0 atom stereocenters. The predicted octanol–water partition coefficient (Wildman–Crippen LogP) is 0.798. The van der Waals surface area contributed by atoms with Crippen molar-refractivity contribution in [2.45, 2.75) is 12.1 Å². The van der Waals surface area contributed by atoms with Gasteiger partial charge in [-0.25, -0.2) is 18.4 Å². The van der Waals surface area contributed by atoms with Gasteiger partial charge in [-0.15, -0.1) is 11.6 Å². The summed E-state index contributed by atoms with van der Waals surface area (Å²) in [5.74, 6) is -0.0722. The average Bonchev–Trinajstić information content (AvgIpc) is 2.05. The second-order valence-electron chi connectivity index (χ2n) is 2.55. The summed E-state index contributed by atoms with van der Waals surface area (Å²) in [6, 6.07) is 0. The Bertz CT molecular complexity index is 374. The molecule has 0 aromatic carbocycles. The third kappa shape index (κ3) is 2.63. The normalized spacial score (nSPS) is 11.5. The highest BCUT2D eigenvalue weighted by Gasteiger charge is 2.16. The van der Waals surface area contributed by atoms with Crippen molar-refractivity contribution in [1.82, 2.24) is 9.97 Å². The molecule has 0 unspecified atom stereocenters. The Balaban J connectivity index is 3.02. The largest absolute Gasteiger partial charge is 0.247 e. The number of aryl methyl sites for hydroxylation is 1. The number of alkyl halides is 1. The van der Waals surface area contributed by atoms with E-state index >= 15 is 0 Å². The van der Waals surface area contributed by atoms with Crippen LogP contribution in [0, 0.1) is 6.92 Å². The van der Waals surface area contributed by atoms with Crippen LogP contribution in [0.5, 0.6) is 0 Å². The molecule has 0 spiro atoms. The fourth-order valence-electron chi connectivity index (χ4n) is 0.734. The minimum Gasteiger partial charge on any atom is -0.227 e. The monoisotopic (exact) mass is 220 g/mol. The second kappa shape index (κ2) is 4.02. The van der Waals surface area contributed by atoms with Crippen molar-refractivity contribution >= 4 is 21.4 Å². The van der Waals surface area contributed by atoms with Gasteiger partial charge in [0.25, 0.3) is 0 Å². The van der Waals surface area contributed by atoms with E-state index < -0.39 is 9.84 Å². The average molecular weight is 221 g/mol. The van der Waals surface area contributed by atoms with E-state index in [1.807, 2.05) is 0 Å². The number of hydrogen-bond acceptors (Lipinski definition) is 4. The number of sulfone groups is 1. The van der Waals surface area contributed by atoms with E-state index in [1.54, 1.807) is 6.92 Å². The Kier molecular flexibility index (Phi) is 3.22. The first-order chi connectivity index (χ1) is 6.06. The van der Waals surface area contributed by atoms with E-state index in [0.29, 0.717) is 0 Å². The van der Waals surface area contributed by atoms with Crippen molar-refractivity contribution < 1.29 is 8.42 Å². The maximum absolute atomic E-state index is 11.3. The molecule has 1 aromatic heterocycles. The van der Waals surface area contributed by atoms with Crippen molar-refractivity contribution in [3.8, 4) is 0 Å². The Morgan fingerprint density at radius 2 is 1.92 bits per heavy atom. The molecule has 13 heavy (non-hydrogen) atoms. The van der Waals surface area contributed by atoms with E-state index in [-0.39, 0.29) is 16.8 Å². The van der Waals surface area contributed by atoms with Crippen LogP contribution in [0.25, 0.3) is 0 Å². The predicted molar refractivity (Wildman–Crippen MR) is 49.5 cm³/mol. The topological polar surface area (TPSA) is 59.9 Å². The van der Waals surface area contributed by atoms with E-state index in [4.69, 9.17) is 11.6 Å². The summed E-state index contributed by atoms with van der Waals surface area (Å²) in [6.45, 7) is 1.79. The Labute approximate surface area is 81.9 Å². The molecule has 0 fully saturated rings. The van der Waals surface area contributed by atoms with E-state index in [0.717, 1.165) is 5.56 Å². The van der Waals surface area contributed by atoms with Crippen LogP contribution in [0.1, 0.15) is 5.56 Å². The minimum absolute atomic E-state index is 0.0551. The zero-order valence-electron chi connectivity index (χ0n) is 7.07. The second-order valence-corrected chi connectivity index (χ2v) is 4.93. The lowest BCUT2D eigenvalue weighted by atomic mass is 10.4. The van der Waals surface area contributed by atoms with Gasteiger partial charge in [-0.2, -0.15) is 0 Å². The third-order valence-electron chi connectivity index (χ3n) is 1.38. The Hall–Kier alpha value is -0.680. The zero-order valence-corrected chi connectivity index (χ0v) is 8.64. The minimum atomic E-state index is -3.38. The van der Waals surface area contributed by atoms with Crippen LogP contribution in [0.2, 0.25) is 0 Å². The summed E-state index contributed by atoms with van der Waals surface area (Å²) in [6.07, 6.45) is 2.93. The van der Waals surface area contributed by atoms with Crippen molar-refractivity contribution in [1.29, 1.82) is 0 Å². The van der Waals surface area contributed by atoms with Crippen LogP contribution in [-0.4, -0.2) is 30.0 Å². The molecule has 0 saturated heterocycles. The summed E-state index contributed by atoms with van der Waals surface area (Å²) in [5.41, 5.74) is 0.824. The first-order valence-electron chi connectivity index (χ1n) is 3.63. The molecule has 0 N–H and O–H groups in total. The molecule has 1 aromatic rings. The maximum atomic E-state index is 11.3. The highest BCUT2D eigenvalue weighted by Crippen LogP contribution is 2.04. The molecule has 0 aliphatic rings. The van der Waals surface area contributed by atoms with Crippen molar-refractivity contribution in [2.24, 2.45) is 0 Å². The van der Waals surface area contributed by atoms with Gasteiger partial charge < -0.3 is 0 Å². The van der Waals surface area contributed by atoms with Gasteiger partial charge in [0, 0.05) is 18.3 Å². The summed E-state index contributed by atoms with van der Waals surface area (Å²) in [7, 11) is -3.38. The summed E-state index contributed by atoms with van der Waals surface area (Å²) < 4.78 is 22.7. The number of aromatic nitrogens is 2. The fraction of sp³-hybridized carbons (Fsp3) is 0.429. The van der Waals surface area contributed by atoms with Gasteiger partial charge >= 0.3 is 0 Å². The molecule has 1 heterocycles. The molecular weight excluding hydrogens is 212 g/mol. The molecule has 0 saturated carbocycles. The van der Waals surface area contributed by atoms with Gasteiger partial charge in [0.1, 0.15) is 0 Å². The van der Waals surface area contributed by atoms with E-state index in [1.165, 1.54) is 12.4 Å². The van der Waals surface area contributed by atoms with Gasteiger partial charge in [0.05, 0.1) is 5.75 Å². The molecule has 0 aliphatic carbocycles. The quantitative estimate of drug-likeness (QED) is 0.559. The van der Waals surface area contributed by atoms with Crippen LogP contribution in [-0.2, 0) is 9.84 Å². The number of hydrogen-bond donors (Lipinski definition) is 0. The van der Waals surface area contributed by atoms with Crippen LogP contribution in [0.3, 0.4) is 0 Å². The fourth-order valence-corrected chi connectivity index (χ4v) is 2.16. The molecule has 72 valence electrons. The number of halogens is 1. The molecule has 0 bridgehead atoms. The lowest BCUT2D eigenvalue weighted by molar-refractivity contribution is 0.588. The molecule has 0 amide bonds. The number of rotatable bonds is 3. The molecule has 0 radical (unpaired) electrons. The lowest BCUT2D eigenvalue weighted by Crippen LogP contribution is -2.11. The van der Waals surface area contributed by atoms with Gasteiger partial charge in [0.15, 0.2) is 0 Å². The van der Waals surface area contributed by atoms with Gasteiger partial charge in [-0.05, 0) is 12.5 Å². The SMILES string of the molecule is Cc1cnc(S(=O)(=O)CCCl)nc1. The first kappa shape index (κ1) is 10.4. The highest BCUT2D eigenvalue weighted by molar-refractivity contribution is 7.91. The van der Waals surface area contributed by atoms with Gasteiger partial charge in [0.2, 0.25) is 15.0 Å². The number of nitrogens with zero attached hydrogens (tertiary/aromatic N) is 2. The maximum Gasteiger partial charge on any atom is 0.247 e. The van der Waals surface area contributed by atoms with Crippen molar-refractivity contribution in [3.05, 3.63) is 18.0 Å². The molecule has 4 nitrogen and oxygen atoms in total.